The van der Waals surface area contributed by atoms with Crippen molar-refractivity contribution in [1.82, 2.24) is 5.32 Å². The van der Waals surface area contributed by atoms with Gasteiger partial charge in [0, 0.05) is 0 Å². The Hall–Kier alpha value is -1.55. The van der Waals surface area contributed by atoms with Gasteiger partial charge in [-0.3, -0.25) is 4.79 Å². The minimum atomic E-state index is -0.659. The number of nitrogens with one attached hydrogen (secondary N) is 1. The molecule has 0 saturated heterocycles. The average molecular weight is 237 g/mol. The lowest BCUT2D eigenvalue weighted by molar-refractivity contribution is -0.123. The van der Waals surface area contributed by atoms with Crippen molar-refractivity contribution in [3.05, 3.63) is 29.8 Å². The Balaban J connectivity index is 2.62. The number of hydrogen-bond donors (Lipinski definition) is 3. The molecule has 0 saturated carbocycles. The Morgan fingerprint density at radius 3 is 2.65 bits per heavy atom. The summed E-state index contributed by atoms with van der Waals surface area (Å²) < 4.78 is 0. The zero-order chi connectivity index (χ0) is 13.1. The Labute approximate surface area is 101 Å². The summed E-state index contributed by atoms with van der Waals surface area (Å²) in [5, 5.41) is 21.5. The fraction of sp³-hybridized carbons (Fsp3) is 0.462. The van der Waals surface area contributed by atoms with E-state index in [1.807, 2.05) is 0 Å². The van der Waals surface area contributed by atoms with Crippen molar-refractivity contribution in [2.24, 2.45) is 0 Å². The van der Waals surface area contributed by atoms with Crippen LogP contribution in [0.4, 0.5) is 0 Å². The highest BCUT2D eigenvalue weighted by molar-refractivity contribution is 5.79. The molecule has 4 nitrogen and oxygen atoms in total. The molecular weight excluding hydrogens is 218 g/mol. The molecule has 3 N–H and O–H groups in total. The molecule has 1 atom stereocenters. The molecule has 0 aliphatic heterocycles. The molecule has 4 heteroatoms. The maximum Gasteiger partial charge on any atom is 0.224 e. The number of phenols is 1. The number of carbonyl (C=O) groups is 1. The third-order valence-electron chi connectivity index (χ3n) is 2.78. The van der Waals surface area contributed by atoms with Crippen LogP contribution in [0.15, 0.2) is 24.3 Å². The van der Waals surface area contributed by atoms with E-state index in [1.165, 1.54) is 0 Å². The fourth-order valence-electron chi connectivity index (χ4n) is 1.36. The molecule has 1 rings (SSSR count). The van der Waals surface area contributed by atoms with E-state index in [9.17, 15) is 15.0 Å². The maximum absolute atomic E-state index is 11.7. The normalized spacial score (nSPS) is 13.2. The third kappa shape index (κ3) is 4.07. The van der Waals surface area contributed by atoms with E-state index >= 15 is 0 Å². The van der Waals surface area contributed by atoms with E-state index in [0.717, 1.165) is 5.56 Å². The summed E-state index contributed by atoms with van der Waals surface area (Å²) in [4.78, 5) is 11.7. The SMILES string of the molecule is CC(O)C(C)(C)NC(=O)Cc1cccc(O)c1. The van der Waals surface area contributed by atoms with Crippen molar-refractivity contribution in [1.29, 1.82) is 0 Å². The van der Waals surface area contributed by atoms with Crippen LogP contribution in [-0.2, 0) is 11.2 Å². The van der Waals surface area contributed by atoms with Crippen molar-refractivity contribution in [2.75, 3.05) is 0 Å². The van der Waals surface area contributed by atoms with Crippen LogP contribution in [0, 0.1) is 0 Å². The monoisotopic (exact) mass is 237 g/mol. The molecule has 0 aliphatic carbocycles. The largest absolute Gasteiger partial charge is 0.508 e. The maximum atomic E-state index is 11.7. The predicted octanol–water partition coefficient (Wildman–Crippen LogP) is 1.21. The number of benzene rings is 1. The van der Waals surface area contributed by atoms with E-state index < -0.39 is 11.6 Å². The number of rotatable bonds is 4. The topological polar surface area (TPSA) is 69.6 Å². The number of aliphatic hydroxyl groups excluding tert-OH is 1. The Morgan fingerprint density at radius 1 is 1.47 bits per heavy atom. The first kappa shape index (κ1) is 13.5. The average Bonchev–Trinajstić information content (AvgIpc) is 2.15. The van der Waals surface area contributed by atoms with Gasteiger partial charge in [0.05, 0.1) is 18.1 Å². The van der Waals surface area contributed by atoms with Gasteiger partial charge in [0.15, 0.2) is 0 Å². The second-order valence-electron chi connectivity index (χ2n) is 4.79. The van der Waals surface area contributed by atoms with Crippen molar-refractivity contribution in [2.45, 2.75) is 38.8 Å². The Kier molecular flexibility index (Phi) is 4.12. The van der Waals surface area contributed by atoms with Gasteiger partial charge in [0.25, 0.3) is 0 Å². The molecular formula is C13H19NO3. The number of amides is 1. The highest BCUT2D eigenvalue weighted by atomic mass is 16.3. The zero-order valence-corrected chi connectivity index (χ0v) is 10.4. The summed E-state index contributed by atoms with van der Waals surface area (Å²) in [7, 11) is 0. The van der Waals surface area contributed by atoms with E-state index in [1.54, 1.807) is 45.0 Å². The fourth-order valence-corrected chi connectivity index (χ4v) is 1.36. The second-order valence-corrected chi connectivity index (χ2v) is 4.79. The summed E-state index contributed by atoms with van der Waals surface area (Å²) in [5.74, 6) is -0.0356. The van der Waals surface area contributed by atoms with Crippen LogP contribution in [0.3, 0.4) is 0 Å². The lowest BCUT2D eigenvalue weighted by Gasteiger charge is -2.29. The van der Waals surface area contributed by atoms with Gasteiger partial charge < -0.3 is 15.5 Å². The van der Waals surface area contributed by atoms with Crippen molar-refractivity contribution < 1.29 is 15.0 Å². The summed E-state index contributed by atoms with van der Waals surface area (Å²) in [6, 6.07) is 6.57. The molecule has 1 amide bonds. The molecule has 1 aromatic carbocycles. The van der Waals surface area contributed by atoms with Crippen LogP contribution in [0.5, 0.6) is 5.75 Å². The van der Waals surface area contributed by atoms with E-state index in [2.05, 4.69) is 5.32 Å². The van der Waals surface area contributed by atoms with Crippen LogP contribution in [0.25, 0.3) is 0 Å². The van der Waals surface area contributed by atoms with Crippen molar-refractivity contribution in [3.8, 4) is 5.75 Å². The number of carbonyl (C=O) groups excluding carboxylic acids is 1. The first-order valence-corrected chi connectivity index (χ1v) is 5.58. The lowest BCUT2D eigenvalue weighted by atomic mass is 9.98. The molecule has 0 bridgehead atoms. The number of aromatic hydroxyl groups is 1. The van der Waals surface area contributed by atoms with Gasteiger partial charge in [0.2, 0.25) is 5.91 Å². The number of aliphatic hydroxyl groups is 1. The molecule has 0 fully saturated rings. The standard InChI is InChI=1S/C13H19NO3/c1-9(15)13(2,3)14-12(17)8-10-5-4-6-11(16)7-10/h4-7,9,15-16H,8H2,1-3H3,(H,14,17). The quantitative estimate of drug-likeness (QED) is 0.737. The molecule has 94 valence electrons. The van der Waals surface area contributed by atoms with Gasteiger partial charge in [-0.2, -0.15) is 0 Å². The molecule has 1 unspecified atom stereocenters. The minimum Gasteiger partial charge on any atom is -0.508 e. The van der Waals surface area contributed by atoms with Gasteiger partial charge in [-0.15, -0.1) is 0 Å². The molecule has 0 radical (unpaired) electrons. The van der Waals surface area contributed by atoms with Crippen molar-refractivity contribution in [3.63, 3.8) is 0 Å². The highest BCUT2D eigenvalue weighted by Gasteiger charge is 2.25. The Morgan fingerprint density at radius 2 is 2.12 bits per heavy atom. The van der Waals surface area contributed by atoms with E-state index in [0.29, 0.717) is 0 Å². The molecule has 0 heterocycles. The van der Waals surface area contributed by atoms with Gasteiger partial charge in [-0.25, -0.2) is 0 Å². The minimum absolute atomic E-state index is 0.144. The number of hydrogen-bond acceptors (Lipinski definition) is 3. The Bertz CT molecular complexity index is 399. The van der Waals surface area contributed by atoms with Crippen LogP contribution < -0.4 is 5.32 Å². The second kappa shape index (κ2) is 5.19. The van der Waals surface area contributed by atoms with E-state index in [4.69, 9.17) is 0 Å². The first-order chi connectivity index (χ1) is 7.81. The summed E-state index contributed by atoms with van der Waals surface area (Å²) in [5.41, 5.74) is 0.0809. The van der Waals surface area contributed by atoms with Gasteiger partial charge in [-0.05, 0) is 38.5 Å². The van der Waals surface area contributed by atoms with Gasteiger partial charge >= 0.3 is 0 Å². The zero-order valence-electron chi connectivity index (χ0n) is 10.4. The molecule has 17 heavy (non-hydrogen) atoms. The molecule has 0 spiro atoms. The molecule has 1 aromatic rings. The van der Waals surface area contributed by atoms with Crippen LogP contribution in [0.2, 0.25) is 0 Å². The summed E-state index contributed by atoms with van der Waals surface area (Å²) >= 11 is 0. The number of phenolic OH excluding ortho intramolecular Hbond substituents is 1. The lowest BCUT2D eigenvalue weighted by Crippen LogP contribution is -2.51. The third-order valence-corrected chi connectivity index (χ3v) is 2.78. The van der Waals surface area contributed by atoms with Gasteiger partial charge in [0.1, 0.15) is 5.75 Å². The van der Waals surface area contributed by atoms with Crippen LogP contribution in [0.1, 0.15) is 26.3 Å². The van der Waals surface area contributed by atoms with Crippen LogP contribution >= 0.6 is 0 Å². The summed E-state index contributed by atoms with van der Waals surface area (Å²) in [6.45, 7) is 5.16. The van der Waals surface area contributed by atoms with Crippen LogP contribution in [-0.4, -0.2) is 27.8 Å². The smallest absolute Gasteiger partial charge is 0.224 e. The summed E-state index contributed by atoms with van der Waals surface area (Å²) in [6.07, 6.45) is -0.444. The predicted molar refractivity (Wildman–Crippen MR) is 65.7 cm³/mol. The highest BCUT2D eigenvalue weighted by Crippen LogP contribution is 2.13. The molecule has 0 aromatic heterocycles. The van der Waals surface area contributed by atoms with E-state index in [-0.39, 0.29) is 18.1 Å². The molecule has 0 aliphatic rings. The van der Waals surface area contributed by atoms with Crippen molar-refractivity contribution >= 4 is 5.91 Å². The van der Waals surface area contributed by atoms with Gasteiger partial charge in [-0.1, -0.05) is 12.1 Å². The first-order valence-electron chi connectivity index (χ1n) is 5.58.